The third-order valence-corrected chi connectivity index (χ3v) is 2.62. The Balaban J connectivity index is 2.32. The first-order valence-electron chi connectivity index (χ1n) is 5.65. The zero-order chi connectivity index (χ0) is 13.0. The lowest BCUT2D eigenvalue weighted by molar-refractivity contribution is 0.0903. The van der Waals surface area contributed by atoms with Crippen molar-refractivity contribution in [1.29, 1.82) is 5.26 Å². The number of ether oxygens (including phenoxy) is 1. The van der Waals surface area contributed by atoms with Crippen molar-refractivity contribution < 1.29 is 9.26 Å². The Bertz CT molecular complexity index is 568. The molecule has 92 valence electrons. The average molecular weight is 243 g/mol. The number of hydrogen-bond donors (Lipinski definition) is 0. The van der Waals surface area contributed by atoms with Gasteiger partial charge in [0.1, 0.15) is 6.10 Å². The molecule has 0 amide bonds. The van der Waals surface area contributed by atoms with Gasteiger partial charge in [-0.3, -0.25) is 0 Å². The molecule has 2 rings (SSSR count). The van der Waals surface area contributed by atoms with Crippen LogP contribution in [0.15, 0.2) is 28.8 Å². The van der Waals surface area contributed by atoms with E-state index in [2.05, 4.69) is 16.2 Å². The minimum atomic E-state index is -0.165. The summed E-state index contributed by atoms with van der Waals surface area (Å²) in [5, 5.41) is 12.7. The van der Waals surface area contributed by atoms with E-state index in [-0.39, 0.29) is 6.10 Å². The van der Waals surface area contributed by atoms with Crippen molar-refractivity contribution in [2.24, 2.45) is 0 Å². The van der Waals surface area contributed by atoms with E-state index in [1.54, 1.807) is 25.3 Å². The van der Waals surface area contributed by atoms with Gasteiger partial charge in [-0.05, 0) is 24.6 Å². The van der Waals surface area contributed by atoms with Crippen LogP contribution in [0, 0.1) is 11.3 Å². The molecule has 0 N–H and O–H groups in total. The monoisotopic (exact) mass is 243 g/mol. The second kappa shape index (κ2) is 5.43. The van der Waals surface area contributed by atoms with Crippen LogP contribution in [0.25, 0.3) is 11.5 Å². The van der Waals surface area contributed by atoms with Crippen LogP contribution in [0.1, 0.15) is 30.8 Å². The summed E-state index contributed by atoms with van der Waals surface area (Å²) in [5.74, 6) is 0.926. The highest BCUT2D eigenvalue weighted by atomic mass is 16.5. The van der Waals surface area contributed by atoms with E-state index < -0.39 is 0 Å². The molecule has 0 aliphatic rings. The third-order valence-electron chi connectivity index (χ3n) is 2.62. The molecular formula is C13H13N3O2. The summed E-state index contributed by atoms with van der Waals surface area (Å²) in [5.41, 5.74) is 1.30. The first-order chi connectivity index (χ1) is 8.78. The van der Waals surface area contributed by atoms with Crippen LogP contribution in [0.4, 0.5) is 0 Å². The lowest BCUT2D eigenvalue weighted by atomic mass is 10.1. The Labute approximate surface area is 105 Å². The Morgan fingerprint density at radius 3 is 3.00 bits per heavy atom. The average Bonchev–Trinajstić information content (AvgIpc) is 2.90. The molecule has 0 saturated heterocycles. The van der Waals surface area contributed by atoms with Gasteiger partial charge in [0.15, 0.2) is 0 Å². The molecule has 0 saturated carbocycles. The molecule has 0 aliphatic heterocycles. The quantitative estimate of drug-likeness (QED) is 0.825. The molecule has 0 spiro atoms. The second-order valence-corrected chi connectivity index (χ2v) is 3.78. The van der Waals surface area contributed by atoms with Crippen molar-refractivity contribution in [3.63, 3.8) is 0 Å². The fourth-order valence-corrected chi connectivity index (χ4v) is 1.66. The van der Waals surface area contributed by atoms with E-state index in [9.17, 15) is 0 Å². The first-order valence-corrected chi connectivity index (χ1v) is 5.65. The largest absolute Gasteiger partial charge is 0.373 e. The summed E-state index contributed by atoms with van der Waals surface area (Å²) in [6.45, 7) is 1.99. The minimum Gasteiger partial charge on any atom is -0.373 e. The molecule has 0 aliphatic carbocycles. The van der Waals surface area contributed by atoms with Crippen LogP contribution in [0.3, 0.4) is 0 Å². The Kier molecular flexibility index (Phi) is 3.70. The molecule has 2 aromatic rings. The van der Waals surface area contributed by atoms with Gasteiger partial charge in [0.2, 0.25) is 5.82 Å². The minimum absolute atomic E-state index is 0.165. The van der Waals surface area contributed by atoms with E-state index in [0.29, 0.717) is 17.3 Å². The molecule has 1 heterocycles. The standard InChI is InChI=1S/C13H13N3O2/c1-3-11(17-2)12-15-13(18-16-12)10-6-4-5-9(7-10)8-14/h4-7,11H,3H2,1-2H3. The van der Waals surface area contributed by atoms with E-state index in [0.717, 1.165) is 12.0 Å². The number of hydrogen-bond acceptors (Lipinski definition) is 5. The number of nitrogens with zero attached hydrogens (tertiary/aromatic N) is 3. The van der Waals surface area contributed by atoms with E-state index >= 15 is 0 Å². The van der Waals surface area contributed by atoms with Crippen molar-refractivity contribution in [3.05, 3.63) is 35.7 Å². The lowest BCUT2D eigenvalue weighted by Crippen LogP contribution is -2.01. The summed E-state index contributed by atoms with van der Waals surface area (Å²) in [6.07, 6.45) is 0.606. The molecular weight excluding hydrogens is 230 g/mol. The lowest BCUT2D eigenvalue weighted by Gasteiger charge is -2.05. The second-order valence-electron chi connectivity index (χ2n) is 3.78. The number of methoxy groups -OCH3 is 1. The van der Waals surface area contributed by atoms with Crippen LogP contribution in [-0.4, -0.2) is 17.3 Å². The molecule has 18 heavy (non-hydrogen) atoms. The molecule has 1 aromatic heterocycles. The molecule has 5 nitrogen and oxygen atoms in total. The molecule has 0 fully saturated rings. The van der Waals surface area contributed by atoms with Gasteiger partial charge in [-0.2, -0.15) is 10.2 Å². The van der Waals surface area contributed by atoms with E-state index in [4.69, 9.17) is 14.5 Å². The molecule has 1 unspecified atom stereocenters. The fourth-order valence-electron chi connectivity index (χ4n) is 1.66. The van der Waals surface area contributed by atoms with Gasteiger partial charge in [-0.1, -0.05) is 18.1 Å². The highest BCUT2D eigenvalue weighted by Gasteiger charge is 2.16. The first kappa shape index (κ1) is 12.3. The van der Waals surface area contributed by atoms with Gasteiger partial charge in [0.25, 0.3) is 5.89 Å². The summed E-state index contributed by atoms with van der Waals surface area (Å²) in [6, 6.07) is 9.12. The van der Waals surface area contributed by atoms with Crippen LogP contribution >= 0.6 is 0 Å². The summed E-state index contributed by atoms with van der Waals surface area (Å²) < 4.78 is 10.4. The van der Waals surface area contributed by atoms with Crippen molar-refractivity contribution in [2.45, 2.75) is 19.4 Å². The number of aromatic nitrogens is 2. The van der Waals surface area contributed by atoms with Crippen LogP contribution < -0.4 is 0 Å². The van der Waals surface area contributed by atoms with Crippen molar-refractivity contribution in [2.75, 3.05) is 7.11 Å². The number of rotatable bonds is 4. The third kappa shape index (κ3) is 2.39. The van der Waals surface area contributed by atoms with Crippen LogP contribution in [0.2, 0.25) is 0 Å². The van der Waals surface area contributed by atoms with Gasteiger partial charge >= 0.3 is 0 Å². The molecule has 5 heteroatoms. The topological polar surface area (TPSA) is 71.9 Å². The van der Waals surface area contributed by atoms with E-state index in [1.807, 2.05) is 13.0 Å². The van der Waals surface area contributed by atoms with Gasteiger partial charge in [0.05, 0.1) is 11.6 Å². The van der Waals surface area contributed by atoms with Crippen molar-refractivity contribution in [1.82, 2.24) is 10.1 Å². The maximum Gasteiger partial charge on any atom is 0.258 e. The summed E-state index contributed by atoms with van der Waals surface area (Å²) in [7, 11) is 1.61. The zero-order valence-electron chi connectivity index (χ0n) is 10.3. The highest BCUT2D eigenvalue weighted by Crippen LogP contribution is 2.22. The maximum absolute atomic E-state index is 8.84. The van der Waals surface area contributed by atoms with Gasteiger partial charge in [-0.15, -0.1) is 0 Å². The number of nitriles is 1. The zero-order valence-corrected chi connectivity index (χ0v) is 10.3. The predicted molar refractivity (Wildman–Crippen MR) is 64.5 cm³/mol. The molecule has 0 radical (unpaired) electrons. The van der Waals surface area contributed by atoms with Crippen molar-refractivity contribution >= 4 is 0 Å². The number of benzene rings is 1. The Morgan fingerprint density at radius 1 is 1.50 bits per heavy atom. The summed E-state index contributed by atoms with van der Waals surface area (Å²) in [4.78, 5) is 4.29. The smallest absolute Gasteiger partial charge is 0.258 e. The predicted octanol–water partition coefficient (Wildman–Crippen LogP) is 2.71. The Hall–Kier alpha value is -2.19. The highest BCUT2D eigenvalue weighted by molar-refractivity contribution is 5.55. The molecule has 0 bridgehead atoms. The fraction of sp³-hybridized carbons (Fsp3) is 0.308. The molecule has 1 aromatic carbocycles. The van der Waals surface area contributed by atoms with Crippen LogP contribution in [0.5, 0.6) is 0 Å². The van der Waals surface area contributed by atoms with E-state index in [1.165, 1.54) is 0 Å². The maximum atomic E-state index is 8.84. The normalized spacial score (nSPS) is 12.1. The van der Waals surface area contributed by atoms with Gasteiger partial charge in [0, 0.05) is 12.7 Å². The SMILES string of the molecule is CCC(OC)c1noc(-c2cccc(C#N)c2)n1. The summed E-state index contributed by atoms with van der Waals surface area (Å²) >= 11 is 0. The Morgan fingerprint density at radius 2 is 2.33 bits per heavy atom. The van der Waals surface area contributed by atoms with Gasteiger partial charge < -0.3 is 9.26 Å². The van der Waals surface area contributed by atoms with Crippen molar-refractivity contribution in [3.8, 4) is 17.5 Å². The van der Waals surface area contributed by atoms with Gasteiger partial charge in [-0.25, -0.2) is 0 Å². The molecule has 1 atom stereocenters. The van der Waals surface area contributed by atoms with Crippen LogP contribution in [-0.2, 0) is 4.74 Å².